The highest BCUT2D eigenvalue weighted by molar-refractivity contribution is 4.78. The van der Waals surface area contributed by atoms with E-state index in [1.807, 2.05) is 0 Å². The third kappa shape index (κ3) is 3.74. The predicted octanol–water partition coefficient (Wildman–Crippen LogP) is 0.879. The monoisotopic (exact) mass is 212 g/mol. The second kappa shape index (κ2) is 5.83. The molecule has 0 aromatic carbocycles. The largest absolute Gasteiger partial charge is 0.393 e. The highest BCUT2D eigenvalue weighted by atomic mass is 16.3. The molecule has 0 amide bonds. The summed E-state index contributed by atoms with van der Waals surface area (Å²) in [4.78, 5) is 0. The SMILES string of the molecule is OC1CCC(CNCC2CCCN2)CC1. The molecule has 1 atom stereocenters. The highest BCUT2D eigenvalue weighted by Crippen LogP contribution is 2.23. The Morgan fingerprint density at radius 1 is 1.07 bits per heavy atom. The Bertz CT molecular complexity index is 172. The summed E-state index contributed by atoms with van der Waals surface area (Å²) in [5, 5.41) is 16.5. The first kappa shape index (κ1) is 11.4. The number of hydrogen-bond donors (Lipinski definition) is 3. The molecule has 2 aliphatic rings. The van der Waals surface area contributed by atoms with E-state index in [1.165, 1.54) is 32.2 Å². The first-order valence-electron chi connectivity index (χ1n) is 6.47. The molecule has 2 fully saturated rings. The Balaban J connectivity index is 1.53. The Morgan fingerprint density at radius 3 is 2.53 bits per heavy atom. The van der Waals surface area contributed by atoms with Crippen LogP contribution in [0, 0.1) is 5.92 Å². The molecule has 3 heteroatoms. The summed E-state index contributed by atoms with van der Waals surface area (Å²) in [5.41, 5.74) is 0. The molecule has 1 aliphatic heterocycles. The number of aliphatic hydroxyl groups is 1. The first-order valence-corrected chi connectivity index (χ1v) is 6.47. The van der Waals surface area contributed by atoms with Gasteiger partial charge in [0.05, 0.1) is 6.10 Å². The maximum Gasteiger partial charge on any atom is 0.0540 e. The van der Waals surface area contributed by atoms with E-state index in [4.69, 9.17) is 0 Å². The van der Waals surface area contributed by atoms with Crippen molar-refractivity contribution in [2.24, 2.45) is 5.92 Å². The van der Waals surface area contributed by atoms with E-state index < -0.39 is 0 Å². The van der Waals surface area contributed by atoms with Crippen molar-refractivity contribution in [1.29, 1.82) is 0 Å². The minimum Gasteiger partial charge on any atom is -0.393 e. The van der Waals surface area contributed by atoms with Gasteiger partial charge in [0.1, 0.15) is 0 Å². The van der Waals surface area contributed by atoms with Crippen molar-refractivity contribution in [1.82, 2.24) is 10.6 Å². The molecular weight excluding hydrogens is 188 g/mol. The van der Waals surface area contributed by atoms with E-state index in [0.29, 0.717) is 6.04 Å². The lowest BCUT2D eigenvalue weighted by Gasteiger charge is -2.26. The minimum absolute atomic E-state index is 0.0160. The van der Waals surface area contributed by atoms with Crippen LogP contribution in [0.5, 0.6) is 0 Å². The molecule has 15 heavy (non-hydrogen) atoms. The van der Waals surface area contributed by atoms with E-state index in [2.05, 4.69) is 10.6 Å². The maximum atomic E-state index is 9.39. The normalized spacial score (nSPS) is 37.0. The van der Waals surface area contributed by atoms with Crippen LogP contribution in [-0.2, 0) is 0 Å². The number of nitrogens with one attached hydrogen (secondary N) is 2. The number of rotatable bonds is 4. The van der Waals surface area contributed by atoms with Gasteiger partial charge in [0, 0.05) is 12.6 Å². The van der Waals surface area contributed by atoms with Crippen molar-refractivity contribution >= 4 is 0 Å². The zero-order chi connectivity index (χ0) is 10.5. The van der Waals surface area contributed by atoms with Gasteiger partial charge in [0.25, 0.3) is 0 Å². The van der Waals surface area contributed by atoms with Crippen LogP contribution in [0.2, 0.25) is 0 Å². The zero-order valence-electron chi connectivity index (χ0n) is 9.54. The Kier molecular flexibility index (Phi) is 4.42. The van der Waals surface area contributed by atoms with Crippen LogP contribution in [0.1, 0.15) is 38.5 Å². The fourth-order valence-corrected chi connectivity index (χ4v) is 2.74. The van der Waals surface area contributed by atoms with Crippen LogP contribution in [0.15, 0.2) is 0 Å². The average molecular weight is 212 g/mol. The molecule has 0 aromatic heterocycles. The van der Waals surface area contributed by atoms with Gasteiger partial charge in [0.15, 0.2) is 0 Å². The Labute approximate surface area is 92.6 Å². The summed E-state index contributed by atoms with van der Waals surface area (Å²) < 4.78 is 0. The van der Waals surface area contributed by atoms with E-state index in [0.717, 1.165) is 31.8 Å². The molecule has 1 aliphatic carbocycles. The van der Waals surface area contributed by atoms with Crippen molar-refractivity contribution in [2.45, 2.75) is 50.7 Å². The summed E-state index contributed by atoms with van der Waals surface area (Å²) in [6.07, 6.45) is 7.07. The van der Waals surface area contributed by atoms with Crippen LogP contribution >= 0.6 is 0 Å². The van der Waals surface area contributed by atoms with Gasteiger partial charge in [-0.25, -0.2) is 0 Å². The van der Waals surface area contributed by atoms with E-state index in [1.54, 1.807) is 0 Å². The minimum atomic E-state index is -0.0160. The molecule has 0 bridgehead atoms. The molecule has 3 nitrogen and oxygen atoms in total. The van der Waals surface area contributed by atoms with Gasteiger partial charge in [-0.15, -0.1) is 0 Å². The van der Waals surface area contributed by atoms with Gasteiger partial charge in [-0.05, 0) is 57.5 Å². The Morgan fingerprint density at radius 2 is 1.87 bits per heavy atom. The summed E-state index contributed by atoms with van der Waals surface area (Å²) in [5.74, 6) is 0.801. The van der Waals surface area contributed by atoms with Crippen LogP contribution in [0.4, 0.5) is 0 Å². The topological polar surface area (TPSA) is 44.3 Å². The average Bonchev–Trinajstić information content (AvgIpc) is 2.74. The van der Waals surface area contributed by atoms with Crippen LogP contribution in [-0.4, -0.2) is 36.9 Å². The molecule has 0 spiro atoms. The Hall–Kier alpha value is -0.120. The summed E-state index contributed by atoms with van der Waals surface area (Å²) in [6, 6.07) is 0.708. The lowest BCUT2D eigenvalue weighted by atomic mass is 9.87. The number of aliphatic hydroxyl groups excluding tert-OH is 1. The molecular formula is C12H24N2O. The molecule has 0 aromatic rings. The van der Waals surface area contributed by atoms with Crippen molar-refractivity contribution in [3.63, 3.8) is 0 Å². The van der Waals surface area contributed by atoms with E-state index >= 15 is 0 Å². The second-order valence-corrected chi connectivity index (χ2v) is 5.13. The van der Waals surface area contributed by atoms with E-state index in [9.17, 15) is 5.11 Å². The van der Waals surface area contributed by atoms with Gasteiger partial charge in [-0.3, -0.25) is 0 Å². The molecule has 0 radical (unpaired) electrons. The first-order chi connectivity index (χ1) is 7.34. The fraction of sp³-hybridized carbons (Fsp3) is 1.00. The molecule has 2 rings (SSSR count). The van der Waals surface area contributed by atoms with Gasteiger partial charge in [-0.1, -0.05) is 0 Å². The predicted molar refractivity (Wildman–Crippen MR) is 61.9 cm³/mol. The second-order valence-electron chi connectivity index (χ2n) is 5.13. The van der Waals surface area contributed by atoms with Crippen LogP contribution in [0.3, 0.4) is 0 Å². The summed E-state index contributed by atoms with van der Waals surface area (Å²) in [6.45, 7) is 3.46. The molecule has 1 saturated heterocycles. The van der Waals surface area contributed by atoms with Gasteiger partial charge >= 0.3 is 0 Å². The van der Waals surface area contributed by atoms with Gasteiger partial charge in [0.2, 0.25) is 0 Å². The standard InChI is InChI=1S/C12H24N2O/c15-12-5-3-10(4-6-12)8-13-9-11-2-1-7-14-11/h10-15H,1-9H2. The summed E-state index contributed by atoms with van der Waals surface area (Å²) in [7, 11) is 0. The van der Waals surface area contributed by atoms with Crippen LogP contribution < -0.4 is 10.6 Å². The van der Waals surface area contributed by atoms with Gasteiger partial charge < -0.3 is 15.7 Å². The molecule has 3 N–H and O–H groups in total. The van der Waals surface area contributed by atoms with Crippen LogP contribution in [0.25, 0.3) is 0 Å². The highest BCUT2D eigenvalue weighted by Gasteiger charge is 2.19. The fourth-order valence-electron chi connectivity index (χ4n) is 2.74. The zero-order valence-corrected chi connectivity index (χ0v) is 9.54. The van der Waals surface area contributed by atoms with Crippen molar-refractivity contribution in [3.05, 3.63) is 0 Å². The van der Waals surface area contributed by atoms with Crippen molar-refractivity contribution in [3.8, 4) is 0 Å². The third-order valence-electron chi connectivity index (χ3n) is 3.80. The molecule has 1 heterocycles. The van der Waals surface area contributed by atoms with E-state index in [-0.39, 0.29) is 6.10 Å². The molecule has 88 valence electrons. The van der Waals surface area contributed by atoms with Gasteiger partial charge in [-0.2, -0.15) is 0 Å². The maximum absolute atomic E-state index is 9.39. The summed E-state index contributed by atoms with van der Waals surface area (Å²) >= 11 is 0. The molecule has 1 saturated carbocycles. The number of hydrogen-bond acceptors (Lipinski definition) is 3. The lowest BCUT2D eigenvalue weighted by Crippen LogP contribution is -2.37. The lowest BCUT2D eigenvalue weighted by molar-refractivity contribution is 0.108. The van der Waals surface area contributed by atoms with Crippen molar-refractivity contribution < 1.29 is 5.11 Å². The molecule has 1 unspecified atom stereocenters. The smallest absolute Gasteiger partial charge is 0.0540 e. The third-order valence-corrected chi connectivity index (χ3v) is 3.80. The quantitative estimate of drug-likeness (QED) is 0.648. The van der Waals surface area contributed by atoms with Crippen molar-refractivity contribution in [2.75, 3.05) is 19.6 Å².